The molecule has 0 unspecified atom stereocenters. The Hall–Kier alpha value is -1.36. The molecule has 1 aromatic heterocycles. The Morgan fingerprint density at radius 1 is 1.00 bits per heavy atom. The Morgan fingerprint density at radius 2 is 1.74 bits per heavy atom. The van der Waals surface area contributed by atoms with Gasteiger partial charge in [0.2, 0.25) is 9.84 Å². The van der Waals surface area contributed by atoms with Crippen LogP contribution in [0.5, 0.6) is 0 Å². The van der Waals surface area contributed by atoms with Gasteiger partial charge in [-0.2, -0.15) is 0 Å². The van der Waals surface area contributed by atoms with Crippen molar-refractivity contribution in [2.75, 3.05) is 0 Å². The standard InChI is InChI=1S/C13H9Cl2NO2S/c14-11-5-1-2-6-12(11)19(17,18)9-8-10-4-3-7-13(15)16-10/h1-9H. The Labute approximate surface area is 121 Å². The molecule has 0 bridgehead atoms. The number of sulfone groups is 1. The number of pyridine rings is 1. The van der Waals surface area contributed by atoms with Crippen molar-refractivity contribution in [3.8, 4) is 0 Å². The van der Waals surface area contributed by atoms with Crippen LogP contribution in [0.3, 0.4) is 0 Å². The maximum absolute atomic E-state index is 12.1. The van der Waals surface area contributed by atoms with Gasteiger partial charge in [-0.3, -0.25) is 0 Å². The minimum absolute atomic E-state index is 0.0648. The summed E-state index contributed by atoms with van der Waals surface area (Å²) in [7, 11) is -3.60. The zero-order chi connectivity index (χ0) is 13.9. The molecule has 6 heteroatoms. The van der Waals surface area contributed by atoms with Gasteiger partial charge in [-0.25, -0.2) is 13.4 Å². The quantitative estimate of drug-likeness (QED) is 0.809. The van der Waals surface area contributed by atoms with Crippen LogP contribution in [0.1, 0.15) is 5.69 Å². The van der Waals surface area contributed by atoms with Crippen molar-refractivity contribution >= 4 is 39.1 Å². The molecule has 0 aliphatic heterocycles. The lowest BCUT2D eigenvalue weighted by atomic mass is 10.3. The van der Waals surface area contributed by atoms with Gasteiger partial charge in [-0.05, 0) is 30.3 Å². The van der Waals surface area contributed by atoms with Crippen LogP contribution in [0, 0.1) is 0 Å². The first-order valence-electron chi connectivity index (χ1n) is 5.29. The van der Waals surface area contributed by atoms with Crippen LogP contribution in [-0.4, -0.2) is 13.4 Å². The van der Waals surface area contributed by atoms with Gasteiger partial charge < -0.3 is 0 Å². The lowest BCUT2D eigenvalue weighted by Gasteiger charge is -2.01. The maximum atomic E-state index is 12.1. The Kier molecular flexibility index (Phi) is 4.24. The summed E-state index contributed by atoms with van der Waals surface area (Å²) in [5.74, 6) is 0. The number of hydrogen-bond donors (Lipinski definition) is 0. The predicted octanol–water partition coefficient (Wildman–Crippen LogP) is 3.83. The van der Waals surface area contributed by atoms with Crippen molar-refractivity contribution in [1.29, 1.82) is 0 Å². The molecule has 0 fully saturated rings. The van der Waals surface area contributed by atoms with E-state index in [1.54, 1.807) is 30.3 Å². The van der Waals surface area contributed by atoms with E-state index >= 15 is 0 Å². The monoisotopic (exact) mass is 313 g/mol. The number of halogens is 2. The third kappa shape index (κ3) is 3.56. The van der Waals surface area contributed by atoms with Crippen LogP contribution in [0.4, 0.5) is 0 Å². The van der Waals surface area contributed by atoms with Gasteiger partial charge in [0.15, 0.2) is 0 Å². The molecule has 0 radical (unpaired) electrons. The second kappa shape index (κ2) is 5.74. The molecule has 2 aromatic rings. The second-order valence-electron chi connectivity index (χ2n) is 3.66. The van der Waals surface area contributed by atoms with Crippen molar-refractivity contribution in [3.63, 3.8) is 0 Å². The average Bonchev–Trinajstić information content (AvgIpc) is 2.37. The molecule has 98 valence electrons. The van der Waals surface area contributed by atoms with E-state index in [4.69, 9.17) is 23.2 Å². The molecule has 0 amide bonds. The molecule has 0 spiro atoms. The summed E-state index contributed by atoms with van der Waals surface area (Å²) in [6, 6.07) is 11.2. The van der Waals surface area contributed by atoms with Gasteiger partial charge in [0.05, 0.1) is 15.6 Å². The Bertz CT molecular complexity index is 727. The predicted molar refractivity (Wildman–Crippen MR) is 76.9 cm³/mol. The minimum atomic E-state index is -3.60. The molecule has 0 saturated heterocycles. The molecule has 1 heterocycles. The summed E-state index contributed by atoms with van der Waals surface area (Å²) >= 11 is 11.6. The number of rotatable bonds is 3. The number of aromatic nitrogens is 1. The van der Waals surface area contributed by atoms with Crippen LogP contribution in [0.2, 0.25) is 10.2 Å². The number of hydrogen-bond acceptors (Lipinski definition) is 3. The van der Waals surface area contributed by atoms with Crippen molar-refractivity contribution in [1.82, 2.24) is 4.98 Å². The van der Waals surface area contributed by atoms with Crippen LogP contribution < -0.4 is 0 Å². The van der Waals surface area contributed by atoms with Crippen LogP contribution in [0.15, 0.2) is 52.8 Å². The first-order valence-corrected chi connectivity index (χ1v) is 7.59. The van der Waals surface area contributed by atoms with Gasteiger partial charge in [0.25, 0.3) is 0 Å². The normalized spacial score (nSPS) is 11.9. The molecule has 19 heavy (non-hydrogen) atoms. The van der Waals surface area contributed by atoms with Crippen molar-refractivity contribution in [3.05, 3.63) is 63.7 Å². The van der Waals surface area contributed by atoms with Gasteiger partial charge in [0.1, 0.15) is 5.15 Å². The fourth-order valence-corrected chi connectivity index (χ4v) is 3.13. The summed E-state index contributed by atoms with van der Waals surface area (Å²) < 4.78 is 24.2. The highest BCUT2D eigenvalue weighted by Crippen LogP contribution is 2.22. The smallest absolute Gasteiger partial charge is 0.201 e. The van der Waals surface area contributed by atoms with Gasteiger partial charge >= 0.3 is 0 Å². The van der Waals surface area contributed by atoms with Crippen molar-refractivity contribution < 1.29 is 8.42 Å². The highest BCUT2D eigenvalue weighted by Gasteiger charge is 2.13. The summed E-state index contributed by atoms with van der Waals surface area (Å²) in [6.07, 6.45) is 1.38. The van der Waals surface area contributed by atoms with Gasteiger partial charge in [-0.15, -0.1) is 0 Å². The molecule has 0 N–H and O–H groups in total. The topological polar surface area (TPSA) is 47.0 Å². The number of nitrogens with zero attached hydrogens (tertiary/aromatic N) is 1. The molecule has 0 atom stereocenters. The van der Waals surface area contributed by atoms with E-state index < -0.39 is 9.84 Å². The van der Waals surface area contributed by atoms with Gasteiger partial charge in [-0.1, -0.05) is 41.4 Å². The van der Waals surface area contributed by atoms with E-state index in [0.29, 0.717) is 10.8 Å². The maximum Gasteiger partial charge on any atom is 0.201 e. The molecule has 0 aliphatic carbocycles. The highest BCUT2D eigenvalue weighted by molar-refractivity contribution is 7.94. The molecular formula is C13H9Cl2NO2S. The number of benzene rings is 1. The Balaban J connectivity index is 2.35. The van der Waals surface area contributed by atoms with Crippen LogP contribution >= 0.6 is 23.2 Å². The third-order valence-corrected chi connectivity index (χ3v) is 4.41. The van der Waals surface area contributed by atoms with E-state index in [-0.39, 0.29) is 9.92 Å². The van der Waals surface area contributed by atoms with E-state index in [9.17, 15) is 8.42 Å². The molecule has 2 rings (SSSR count). The summed E-state index contributed by atoms with van der Waals surface area (Å²) in [5.41, 5.74) is 0.461. The molecular weight excluding hydrogens is 305 g/mol. The van der Waals surface area contributed by atoms with Crippen molar-refractivity contribution in [2.45, 2.75) is 4.90 Å². The lowest BCUT2D eigenvalue weighted by Crippen LogP contribution is -1.97. The van der Waals surface area contributed by atoms with E-state index in [1.165, 1.54) is 18.2 Å². The van der Waals surface area contributed by atoms with Crippen molar-refractivity contribution in [2.24, 2.45) is 0 Å². The van der Waals surface area contributed by atoms with Crippen LogP contribution in [-0.2, 0) is 9.84 Å². The third-order valence-electron chi connectivity index (χ3n) is 2.30. The highest BCUT2D eigenvalue weighted by atomic mass is 35.5. The second-order valence-corrected chi connectivity index (χ2v) is 6.26. The fraction of sp³-hybridized carbons (Fsp3) is 0. The zero-order valence-corrected chi connectivity index (χ0v) is 12.0. The largest absolute Gasteiger partial charge is 0.237 e. The van der Waals surface area contributed by atoms with Gasteiger partial charge in [0, 0.05) is 5.41 Å². The van der Waals surface area contributed by atoms with E-state index in [0.717, 1.165) is 5.41 Å². The molecule has 1 aromatic carbocycles. The summed E-state index contributed by atoms with van der Waals surface area (Å²) in [6.45, 7) is 0. The molecule has 3 nitrogen and oxygen atoms in total. The fourth-order valence-electron chi connectivity index (χ4n) is 1.42. The molecule has 0 aliphatic rings. The zero-order valence-electron chi connectivity index (χ0n) is 9.62. The van der Waals surface area contributed by atoms with E-state index in [1.807, 2.05) is 0 Å². The lowest BCUT2D eigenvalue weighted by molar-refractivity contribution is 0.605. The summed E-state index contributed by atoms with van der Waals surface area (Å²) in [4.78, 5) is 4.04. The first-order chi connectivity index (χ1) is 8.99. The average molecular weight is 314 g/mol. The van der Waals surface area contributed by atoms with Crippen LogP contribution in [0.25, 0.3) is 6.08 Å². The Morgan fingerprint density at radius 3 is 2.42 bits per heavy atom. The summed E-state index contributed by atoms with van der Waals surface area (Å²) in [5, 5.41) is 1.55. The minimum Gasteiger partial charge on any atom is -0.237 e. The first kappa shape index (κ1) is 14.1. The van der Waals surface area contributed by atoms with E-state index in [2.05, 4.69) is 4.98 Å². The SMILES string of the molecule is O=S(=O)(C=Cc1cccc(Cl)n1)c1ccccc1Cl. The molecule has 0 saturated carbocycles.